The molecule has 0 unspecified atom stereocenters. The lowest BCUT2D eigenvalue weighted by molar-refractivity contribution is 0.0678. The van der Waals surface area contributed by atoms with Crippen molar-refractivity contribution >= 4 is 17.2 Å². The van der Waals surface area contributed by atoms with Gasteiger partial charge in [0.2, 0.25) is 0 Å². The molecule has 19 heavy (non-hydrogen) atoms. The molecular formula is C14H16N2O2S. The highest BCUT2D eigenvalue weighted by Gasteiger charge is 2.24. The fraction of sp³-hybridized carbons (Fsp3) is 0.429. The molecule has 2 aromatic rings. The number of amides is 1. The maximum absolute atomic E-state index is 12.4. The van der Waals surface area contributed by atoms with Gasteiger partial charge in [0.25, 0.3) is 5.91 Å². The van der Waals surface area contributed by atoms with E-state index in [0.29, 0.717) is 11.6 Å². The van der Waals surface area contributed by atoms with Gasteiger partial charge in [-0.15, -0.1) is 11.3 Å². The number of likely N-dealkylation sites (tertiary alicyclic amines) is 1. The third kappa shape index (κ3) is 2.56. The summed E-state index contributed by atoms with van der Waals surface area (Å²) in [5.74, 6) is 1.34. The van der Waals surface area contributed by atoms with Crippen LogP contribution in [0.4, 0.5) is 0 Å². The Bertz CT molecular complexity index is 562. The molecule has 1 amide bonds. The number of rotatable bonds is 2. The maximum atomic E-state index is 12.4. The van der Waals surface area contributed by atoms with E-state index in [1.807, 2.05) is 22.4 Å². The minimum Gasteiger partial charge on any atom is -0.462 e. The van der Waals surface area contributed by atoms with Crippen LogP contribution in [0.15, 0.2) is 28.2 Å². The van der Waals surface area contributed by atoms with Crippen LogP contribution in [0.5, 0.6) is 0 Å². The quantitative estimate of drug-likeness (QED) is 0.845. The highest BCUT2D eigenvalue weighted by atomic mass is 32.1. The summed E-state index contributed by atoms with van der Waals surface area (Å²) < 4.78 is 5.30. The summed E-state index contributed by atoms with van der Waals surface area (Å²) in [4.78, 5) is 18.7. The summed E-state index contributed by atoms with van der Waals surface area (Å²) in [5, 5.41) is 2.58. The van der Waals surface area contributed by atoms with Crippen LogP contribution >= 0.6 is 11.3 Å². The van der Waals surface area contributed by atoms with Gasteiger partial charge >= 0.3 is 0 Å². The fourth-order valence-corrected chi connectivity index (χ4v) is 3.18. The van der Waals surface area contributed by atoms with Crippen molar-refractivity contribution in [2.75, 3.05) is 13.1 Å². The van der Waals surface area contributed by atoms with E-state index in [-0.39, 0.29) is 5.91 Å². The Kier molecular flexibility index (Phi) is 3.38. The summed E-state index contributed by atoms with van der Waals surface area (Å²) in [6.07, 6.45) is 3.91. The third-order valence-corrected chi connectivity index (χ3v) is 4.26. The summed E-state index contributed by atoms with van der Waals surface area (Å²) in [6, 6.07) is 3.68. The van der Waals surface area contributed by atoms with E-state index >= 15 is 0 Å². The average molecular weight is 276 g/mol. The van der Waals surface area contributed by atoms with Crippen molar-refractivity contribution in [3.8, 4) is 10.8 Å². The molecule has 0 aromatic carbocycles. The SMILES string of the molecule is C[C@H]1CCCN(C(=O)c2csc(-c3ccco3)n2)C1. The number of hydrogen-bond donors (Lipinski definition) is 0. The first-order valence-electron chi connectivity index (χ1n) is 6.52. The zero-order valence-electron chi connectivity index (χ0n) is 10.8. The molecule has 1 aliphatic heterocycles. The minimum absolute atomic E-state index is 0.0422. The fourth-order valence-electron chi connectivity index (χ4n) is 2.42. The largest absolute Gasteiger partial charge is 0.462 e. The monoisotopic (exact) mass is 276 g/mol. The molecule has 0 aliphatic carbocycles. The topological polar surface area (TPSA) is 46.3 Å². The molecule has 0 N–H and O–H groups in total. The number of piperidine rings is 1. The predicted octanol–water partition coefficient (Wildman–Crippen LogP) is 3.28. The number of aromatic nitrogens is 1. The van der Waals surface area contributed by atoms with Gasteiger partial charge in [-0.1, -0.05) is 6.92 Å². The average Bonchev–Trinajstić information content (AvgIpc) is 3.08. The Morgan fingerprint density at radius 2 is 2.47 bits per heavy atom. The maximum Gasteiger partial charge on any atom is 0.273 e. The molecule has 4 nitrogen and oxygen atoms in total. The molecule has 100 valence electrons. The van der Waals surface area contributed by atoms with Crippen LogP contribution in [0.25, 0.3) is 10.8 Å². The van der Waals surface area contributed by atoms with Gasteiger partial charge in [0.15, 0.2) is 10.8 Å². The molecule has 0 radical (unpaired) electrons. The van der Waals surface area contributed by atoms with Crippen molar-refractivity contribution in [1.29, 1.82) is 0 Å². The molecule has 5 heteroatoms. The zero-order valence-corrected chi connectivity index (χ0v) is 11.7. The van der Waals surface area contributed by atoms with E-state index in [2.05, 4.69) is 11.9 Å². The minimum atomic E-state index is 0.0422. The number of furan rings is 1. The lowest BCUT2D eigenvalue weighted by Gasteiger charge is -2.30. The molecule has 0 saturated carbocycles. The first kappa shape index (κ1) is 12.4. The number of carbonyl (C=O) groups excluding carboxylic acids is 1. The van der Waals surface area contributed by atoms with Crippen LogP contribution in [-0.2, 0) is 0 Å². The number of nitrogens with zero attached hydrogens (tertiary/aromatic N) is 2. The summed E-state index contributed by atoms with van der Waals surface area (Å²) in [5.41, 5.74) is 0.533. The highest BCUT2D eigenvalue weighted by Crippen LogP contribution is 2.25. The van der Waals surface area contributed by atoms with Crippen molar-refractivity contribution in [2.24, 2.45) is 5.92 Å². The first-order valence-corrected chi connectivity index (χ1v) is 7.40. The van der Waals surface area contributed by atoms with Crippen molar-refractivity contribution in [3.63, 3.8) is 0 Å². The molecule has 1 atom stereocenters. The van der Waals surface area contributed by atoms with Gasteiger partial charge in [-0.2, -0.15) is 0 Å². The van der Waals surface area contributed by atoms with Crippen LogP contribution in [0.2, 0.25) is 0 Å². The Morgan fingerprint density at radius 3 is 3.21 bits per heavy atom. The van der Waals surface area contributed by atoms with Crippen molar-refractivity contribution in [3.05, 3.63) is 29.5 Å². The normalized spacial score (nSPS) is 19.6. The highest BCUT2D eigenvalue weighted by molar-refractivity contribution is 7.13. The Balaban J connectivity index is 1.77. The van der Waals surface area contributed by atoms with Gasteiger partial charge in [-0.25, -0.2) is 4.98 Å². The Labute approximate surface area is 116 Å². The van der Waals surface area contributed by atoms with E-state index in [4.69, 9.17) is 4.42 Å². The molecule has 0 spiro atoms. The third-order valence-electron chi connectivity index (χ3n) is 3.40. The van der Waals surface area contributed by atoms with E-state index in [0.717, 1.165) is 30.3 Å². The van der Waals surface area contributed by atoms with Gasteiger partial charge in [-0.05, 0) is 30.9 Å². The lowest BCUT2D eigenvalue weighted by atomic mass is 10.0. The van der Waals surface area contributed by atoms with E-state index in [1.54, 1.807) is 6.26 Å². The molecule has 3 rings (SSSR count). The van der Waals surface area contributed by atoms with Crippen LogP contribution in [0, 0.1) is 5.92 Å². The molecule has 0 bridgehead atoms. The van der Waals surface area contributed by atoms with Crippen molar-refractivity contribution < 1.29 is 9.21 Å². The lowest BCUT2D eigenvalue weighted by Crippen LogP contribution is -2.39. The second kappa shape index (κ2) is 5.17. The van der Waals surface area contributed by atoms with E-state index in [9.17, 15) is 4.79 Å². The van der Waals surface area contributed by atoms with Gasteiger partial charge < -0.3 is 9.32 Å². The van der Waals surface area contributed by atoms with E-state index < -0.39 is 0 Å². The van der Waals surface area contributed by atoms with Gasteiger partial charge in [0, 0.05) is 18.5 Å². The summed E-state index contributed by atoms with van der Waals surface area (Å²) in [7, 11) is 0. The second-order valence-electron chi connectivity index (χ2n) is 5.01. The molecule has 3 heterocycles. The number of thiazole rings is 1. The van der Waals surface area contributed by atoms with Crippen molar-refractivity contribution in [2.45, 2.75) is 19.8 Å². The summed E-state index contributed by atoms with van der Waals surface area (Å²) in [6.45, 7) is 3.87. The summed E-state index contributed by atoms with van der Waals surface area (Å²) >= 11 is 1.45. The van der Waals surface area contributed by atoms with Crippen LogP contribution < -0.4 is 0 Å². The molecule has 1 fully saturated rings. The molecule has 1 saturated heterocycles. The van der Waals surface area contributed by atoms with Crippen LogP contribution in [0.3, 0.4) is 0 Å². The van der Waals surface area contributed by atoms with Gasteiger partial charge in [-0.3, -0.25) is 4.79 Å². The Morgan fingerprint density at radius 1 is 1.58 bits per heavy atom. The number of carbonyl (C=O) groups is 1. The second-order valence-corrected chi connectivity index (χ2v) is 5.87. The van der Waals surface area contributed by atoms with Gasteiger partial charge in [0.1, 0.15) is 5.69 Å². The van der Waals surface area contributed by atoms with Gasteiger partial charge in [0.05, 0.1) is 6.26 Å². The smallest absolute Gasteiger partial charge is 0.273 e. The first-order chi connectivity index (χ1) is 9.24. The molecule has 1 aliphatic rings. The zero-order chi connectivity index (χ0) is 13.2. The number of hydrogen-bond acceptors (Lipinski definition) is 4. The van der Waals surface area contributed by atoms with Crippen molar-refractivity contribution in [1.82, 2.24) is 9.88 Å². The predicted molar refractivity (Wildman–Crippen MR) is 74.1 cm³/mol. The Hall–Kier alpha value is -1.62. The van der Waals surface area contributed by atoms with Crippen LogP contribution in [-0.4, -0.2) is 28.9 Å². The van der Waals surface area contributed by atoms with E-state index in [1.165, 1.54) is 17.8 Å². The standard InChI is InChI=1S/C14H16N2O2S/c1-10-4-2-6-16(8-10)14(17)11-9-19-13(15-11)12-5-3-7-18-12/h3,5,7,9-10H,2,4,6,8H2,1H3/t10-/m0/s1. The molecule has 2 aromatic heterocycles. The molecular weight excluding hydrogens is 260 g/mol. The van der Waals surface area contributed by atoms with Crippen LogP contribution in [0.1, 0.15) is 30.3 Å².